The Balaban J connectivity index is 1.66. The van der Waals surface area contributed by atoms with Crippen molar-refractivity contribution in [2.24, 2.45) is 0 Å². The number of hydrogen-bond acceptors (Lipinski definition) is 6. The zero-order valence-corrected chi connectivity index (χ0v) is 16.6. The molecule has 2 saturated heterocycles. The maximum atomic E-state index is 13.5. The van der Waals surface area contributed by atoms with Gasteiger partial charge in [0.25, 0.3) is 11.8 Å². The first kappa shape index (κ1) is 19.3. The maximum Gasteiger partial charge on any atom is 0.335 e. The molecule has 3 heterocycles. The van der Waals surface area contributed by atoms with Crippen molar-refractivity contribution in [3.63, 3.8) is 0 Å². The summed E-state index contributed by atoms with van der Waals surface area (Å²) in [6.45, 7) is 2.41. The Morgan fingerprint density at radius 3 is 2.62 bits per heavy atom. The number of ether oxygens (including phenoxy) is 1. The molecule has 1 N–H and O–H groups in total. The lowest BCUT2D eigenvalue weighted by atomic mass is 10.1. The fourth-order valence-electron chi connectivity index (χ4n) is 3.08. The van der Waals surface area contributed by atoms with E-state index in [-0.39, 0.29) is 17.0 Å². The van der Waals surface area contributed by atoms with Crippen LogP contribution in [-0.4, -0.2) is 44.1 Å². The van der Waals surface area contributed by atoms with Gasteiger partial charge in [-0.2, -0.15) is 0 Å². The third-order valence-electron chi connectivity index (χ3n) is 4.44. The smallest absolute Gasteiger partial charge is 0.335 e. The number of furan rings is 1. The summed E-state index contributed by atoms with van der Waals surface area (Å²) in [4.78, 5) is 39.9. The van der Waals surface area contributed by atoms with Crippen LogP contribution in [-0.2, 0) is 14.3 Å². The molecule has 0 unspecified atom stereocenters. The van der Waals surface area contributed by atoms with Gasteiger partial charge in [0, 0.05) is 19.2 Å². The van der Waals surface area contributed by atoms with E-state index >= 15 is 0 Å². The molecule has 10 heteroatoms. The number of hydrogen-bond donors (Lipinski definition) is 1. The van der Waals surface area contributed by atoms with Gasteiger partial charge in [-0.05, 0) is 40.2 Å². The number of rotatable bonds is 3. The summed E-state index contributed by atoms with van der Waals surface area (Å²) < 4.78 is 25.3. The number of carbonyl (C=O) groups excluding carboxylic acids is 3. The highest BCUT2D eigenvalue weighted by atomic mass is 79.9. The molecule has 0 bridgehead atoms. The summed E-state index contributed by atoms with van der Waals surface area (Å²) in [5.74, 6) is -1.53. The average Bonchev–Trinajstić information content (AvgIpc) is 3.06. The second-order valence-corrected chi connectivity index (χ2v) is 7.19. The van der Waals surface area contributed by atoms with Crippen molar-refractivity contribution in [3.05, 3.63) is 52.0 Å². The van der Waals surface area contributed by atoms with Crippen LogP contribution in [0.3, 0.4) is 0 Å². The number of anilines is 2. The predicted molar refractivity (Wildman–Crippen MR) is 105 cm³/mol. The zero-order valence-electron chi connectivity index (χ0n) is 15.0. The van der Waals surface area contributed by atoms with Crippen LogP contribution in [0.25, 0.3) is 6.08 Å². The van der Waals surface area contributed by atoms with Crippen LogP contribution >= 0.6 is 15.9 Å². The van der Waals surface area contributed by atoms with Gasteiger partial charge >= 0.3 is 6.03 Å². The summed E-state index contributed by atoms with van der Waals surface area (Å²) in [7, 11) is 0. The standard InChI is InChI=1S/C19H15BrFN3O5/c20-15-10-13(29-18(15)23-4-6-28-7-5-23)9-14-16(25)22-19(27)24(17(14)26)12-3-1-2-11(21)8-12/h1-3,8-10H,4-7H2,(H,22,25,27). The molecule has 1 aromatic carbocycles. The minimum absolute atomic E-state index is 0.0144. The van der Waals surface area contributed by atoms with Crippen molar-refractivity contribution >= 4 is 51.4 Å². The maximum absolute atomic E-state index is 13.5. The van der Waals surface area contributed by atoms with Crippen LogP contribution in [0.5, 0.6) is 0 Å². The molecular weight excluding hydrogens is 449 g/mol. The number of carbonyl (C=O) groups is 3. The third kappa shape index (κ3) is 3.81. The van der Waals surface area contributed by atoms with Crippen molar-refractivity contribution in [1.29, 1.82) is 0 Å². The Hall–Kier alpha value is -2.98. The number of benzene rings is 1. The first-order valence-electron chi connectivity index (χ1n) is 8.73. The highest BCUT2D eigenvalue weighted by Crippen LogP contribution is 2.32. The van der Waals surface area contributed by atoms with Crippen LogP contribution in [0.1, 0.15) is 5.76 Å². The molecule has 150 valence electrons. The summed E-state index contributed by atoms with van der Waals surface area (Å²) >= 11 is 3.42. The molecule has 0 atom stereocenters. The van der Waals surface area contributed by atoms with Gasteiger partial charge in [-0.25, -0.2) is 14.1 Å². The minimum Gasteiger partial charge on any atom is -0.440 e. The molecule has 0 saturated carbocycles. The van der Waals surface area contributed by atoms with Crippen LogP contribution in [0.4, 0.5) is 20.8 Å². The highest BCUT2D eigenvalue weighted by Gasteiger charge is 2.37. The van der Waals surface area contributed by atoms with Crippen molar-refractivity contribution in [1.82, 2.24) is 5.32 Å². The largest absolute Gasteiger partial charge is 0.440 e. The average molecular weight is 464 g/mol. The Bertz CT molecular complexity index is 1030. The van der Waals surface area contributed by atoms with Crippen molar-refractivity contribution < 1.29 is 27.9 Å². The molecule has 2 fully saturated rings. The predicted octanol–water partition coefficient (Wildman–Crippen LogP) is 2.68. The lowest BCUT2D eigenvalue weighted by Gasteiger charge is -2.26. The van der Waals surface area contributed by atoms with Gasteiger partial charge in [0.15, 0.2) is 0 Å². The van der Waals surface area contributed by atoms with E-state index < -0.39 is 23.7 Å². The van der Waals surface area contributed by atoms with Crippen LogP contribution in [0, 0.1) is 5.82 Å². The van der Waals surface area contributed by atoms with E-state index in [1.807, 2.05) is 4.90 Å². The minimum atomic E-state index is -0.947. The summed E-state index contributed by atoms with van der Waals surface area (Å²) in [6, 6.07) is 5.66. The molecule has 0 aliphatic carbocycles. The number of nitrogens with zero attached hydrogens (tertiary/aromatic N) is 2. The Kier molecular flexibility index (Phi) is 5.20. The third-order valence-corrected chi connectivity index (χ3v) is 5.01. The van der Waals surface area contributed by atoms with E-state index in [4.69, 9.17) is 9.15 Å². The van der Waals surface area contributed by atoms with Gasteiger partial charge in [-0.1, -0.05) is 6.07 Å². The van der Waals surface area contributed by atoms with Crippen LogP contribution in [0.15, 0.2) is 44.8 Å². The first-order chi connectivity index (χ1) is 13.9. The van der Waals surface area contributed by atoms with Gasteiger partial charge in [-0.15, -0.1) is 0 Å². The number of urea groups is 1. The fourth-order valence-corrected chi connectivity index (χ4v) is 3.64. The number of barbiturate groups is 1. The molecule has 29 heavy (non-hydrogen) atoms. The quantitative estimate of drug-likeness (QED) is 0.555. The molecule has 0 radical (unpaired) electrons. The Morgan fingerprint density at radius 2 is 1.90 bits per heavy atom. The number of halogens is 2. The molecule has 4 rings (SSSR count). The number of imide groups is 2. The summed E-state index contributed by atoms with van der Waals surface area (Å²) in [5.41, 5.74) is -0.288. The van der Waals surface area contributed by atoms with Gasteiger partial charge in [0.1, 0.15) is 17.2 Å². The normalized spacial score (nSPS) is 19.1. The van der Waals surface area contributed by atoms with Gasteiger partial charge in [0.05, 0.1) is 23.4 Å². The highest BCUT2D eigenvalue weighted by molar-refractivity contribution is 9.10. The lowest BCUT2D eigenvalue weighted by Crippen LogP contribution is -2.54. The van der Waals surface area contributed by atoms with Gasteiger partial charge in [0.2, 0.25) is 5.88 Å². The molecule has 1 aromatic heterocycles. The van der Waals surface area contributed by atoms with Crippen molar-refractivity contribution in [2.75, 3.05) is 36.1 Å². The van der Waals surface area contributed by atoms with Gasteiger partial charge < -0.3 is 14.1 Å². The van der Waals surface area contributed by atoms with E-state index in [0.717, 1.165) is 6.07 Å². The summed E-state index contributed by atoms with van der Waals surface area (Å²) in [5, 5.41) is 2.09. The Labute approximate surface area is 173 Å². The molecular formula is C19H15BrFN3O5. The fraction of sp³-hybridized carbons (Fsp3) is 0.211. The van der Waals surface area contributed by atoms with E-state index in [1.54, 1.807) is 6.07 Å². The summed E-state index contributed by atoms with van der Waals surface area (Å²) in [6.07, 6.45) is 1.26. The number of nitrogens with one attached hydrogen (secondary N) is 1. The molecule has 8 nitrogen and oxygen atoms in total. The number of amides is 4. The second-order valence-electron chi connectivity index (χ2n) is 6.34. The van der Waals surface area contributed by atoms with Gasteiger partial charge in [-0.3, -0.25) is 14.9 Å². The SMILES string of the molecule is O=C1NC(=O)N(c2cccc(F)c2)C(=O)C1=Cc1cc(Br)c(N2CCOCC2)o1. The number of morpholine rings is 1. The van der Waals surface area contributed by atoms with E-state index in [2.05, 4.69) is 21.2 Å². The van der Waals surface area contributed by atoms with Crippen LogP contribution < -0.4 is 15.1 Å². The molecule has 2 aromatic rings. The molecule has 0 spiro atoms. The lowest BCUT2D eigenvalue weighted by molar-refractivity contribution is -0.122. The second kappa shape index (κ2) is 7.80. The topological polar surface area (TPSA) is 92.1 Å². The molecule has 2 aliphatic heterocycles. The van der Waals surface area contributed by atoms with Crippen LogP contribution in [0.2, 0.25) is 0 Å². The first-order valence-corrected chi connectivity index (χ1v) is 9.52. The molecule has 4 amide bonds. The monoisotopic (exact) mass is 463 g/mol. The van der Waals surface area contributed by atoms with E-state index in [9.17, 15) is 18.8 Å². The van der Waals surface area contributed by atoms with Crippen molar-refractivity contribution in [3.8, 4) is 0 Å². The zero-order chi connectivity index (χ0) is 20.5. The van der Waals surface area contributed by atoms with Crippen molar-refractivity contribution in [2.45, 2.75) is 0 Å². The van der Waals surface area contributed by atoms with E-state index in [0.29, 0.717) is 41.6 Å². The Morgan fingerprint density at radius 1 is 1.14 bits per heavy atom. The molecule has 2 aliphatic rings. The van der Waals surface area contributed by atoms with E-state index in [1.165, 1.54) is 24.3 Å².